The van der Waals surface area contributed by atoms with Crippen molar-refractivity contribution in [2.45, 2.75) is 26.5 Å². The van der Waals surface area contributed by atoms with Crippen molar-refractivity contribution in [1.82, 2.24) is 4.98 Å². The van der Waals surface area contributed by atoms with Crippen molar-refractivity contribution < 1.29 is 10.0 Å². The van der Waals surface area contributed by atoms with E-state index >= 15 is 0 Å². The Hall–Kier alpha value is -1.14. The second-order valence-electron chi connectivity index (χ2n) is 4.42. The van der Waals surface area contributed by atoms with Gasteiger partial charge in [0.15, 0.2) is 0 Å². The zero-order valence-corrected chi connectivity index (χ0v) is 11.7. The van der Waals surface area contributed by atoms with Crippen molar-refractivity contribution in [2.24, 2.45) is 5.92 Å². The number of thioether (sulfide) groups is 1. The van der Waals surface area contributed by atoms with Gasteiger partial charge in [-0.2, -0.15) is 11.8 Å². The summed E-state index contributed by atoms with van der Waals surface area (Å²) in [5.41, 5.74) is 2.15. The number of hydrogen-bond acceptors (Lipinski definition) is 5. The number of nitro groups is 1. The Bertz CT molecular complexity index is 438. The van der Waals surface area contributed by atoms with Crippen LogP contribution in [0.25, 0.3) is 0 Å². The second kappa shape index (κ2) is 6.70. The van der Waals surface area contributed by atoms with Gasteiger partial charge in [0.2, 0.25) is 0 Å². The monoisotopic (exact) mass is 270 g/mol. The van der Waals surface area contributed by atoms with Gasteiger partial charge in [-0.3, -0.25) is 15.1 Å². The SMILES string of the molecule is Cc1cnc(CSCC(C)CO)c(C)c1[N+](=O)[O-]. The molecule has 6 heteroatoms. The maximum Gasteiger partial charge on any atom is 0.278 e. The molecule has 18 heavy (non-hydrogen) atoms. The molecule has 0 aliphatic rings. The normalized spacial score (nSPS) is 12.4. The molecule has 1 N–H and O–H groups in total. The number of rotatable bonds is 6. The third-order valence-corrected chi connectivity index (χ3v) is 3.99. The van der Waals surface area contributed by atoms with Gasteiger partial charge in [-0.1, -0.05) is 6.92 Å². The third-order valence-electron chi connectivity index (χ3n) is 2.71. The molecular formula is C12H18N2O3S. The van der Waals surface area contributed by atoms with E-state index in [1.165, 1.54) is 0 Å². The summed E-state index contributed by atoms with van der Waals surface area (Å²) >= 11 is 1.63. The number of aliphatic hydroxyl groups excluding tert-OH is 1. The summed E-state index contributed by atoms with van der Waals surface area (Å²) < 4.78 is 0. The van der Waals surface area contributed by atoms with Crippen LogP contribution in [-0.2, 0) is 5.75 Å². The van der Waals surface area contributed by atoms with Gasteiger partial charge in [-0.15, -0.1) is 0 Å². The van der Waals surface area contributed by atoms with E-state index < -0.39 is 0 Å². The van der Waals surface area contributed by atoms with Crippen LogP contribution in [0.3, 0.4) is 0 Å². The summed E-state index contributed by atoms with van der Waals surface area (Å²) in [6.07, 6.45) is 1.55. The van der Waals surface area contributed by atoms with Crippen LogP contribution in [0.15, 0.2) is 6.20 Å². The fourth-order valence-corrected chi connectivity index (χ4v) is 2.71. The van der Waals surface area contributed by atoms with Gasteiger partial charge in [0.05, 0.1) is 10.6 Å². The topological polar surface area (TPSA) is 76.3 Å². The van der Waals surface area contributed by atoms with Crippen LogP contribution >= 0.6 is 11.8 Å². The van der Waals surface area contributed by atoms with Crippen molar-refractivity contribution in [3.05, 3.63) is 33.1 Å². The Labute approximate surface area is 111 Å². The highest BCUT2D eigenvalue weighted by Crippen LogP contribution is 2.26. The van der Waals surface area contributed by atoms with E-state index in [9.17, 15) is 10.1 Å². The maximum absolute atomic E-state index is 11.0. The standard InChI is InChI=1S/C12H18N2O3S/c1-8(5-15)6-18-7-11-10(3)12(14(16)17)9(2)4-13-11/h4,8,15H,5-7H2,1-3H3. The summed E-state index contributed by atoms with van der Waals surface area (Å²) in [4.78, 5) is 14.9. The summed E-state index contributed by atoms with van der Waals surface area (Å²) in [6.45, 7) is 5.56. The van der Waals surface area contributed by atoms with Gasteiger partial charge in [0, 0.05) is 29.7 Å². The number of aliphatic hydroxyl groups is 1. The molecule has 5 nitrogen and oxygen atoms in total. The van der Waals surface area contributed by atoms with E-state index in [-0.39, 0.29) is 23.1 Å². The molecule has 0 aromatic carbocycles. The maximum atomic E-state index is 11.0. The first-order chi connectivity index (χ1) is 8.47. The molecular weight excluding hydrogens is 252 g/mol. The Balaban J connectivity index is 2.79. The van der Waals surface area contributed by atoms with Gasteiger partial charge in [0.1, 0.15) is 0 Å². The Morgan fingerprint density at radius 3 is 2.78 bits per heavy atom. The van der Waals surface area contributed by atoms with Crippen LogP contribution in [0.5, 0.6) is 0 Å². The largest absolute Gasteiger partial charge is 0.396 e. The molecule has 1 aromatic heterocycles. The van der Waals surface area contributed by atoms with Crippen LogP contribution in [0.2, 0.25) is 0 Å². The minimum atomic E-state index is -0.350. The van der Waals surface area contributed by atoms with Crippen LogP contribution in [-0.4, -0.2) is 27.4 Å². The molecule has 1 unspecified atom stereocenters. The molecule has 100 valence electrons. The van der Waals surface area contributed by atoms with Crippen LogP contribution in [0.4, 0.5) is 5.69 Å². The first-order valence-corrected chi connectivity index (χ1v) is 6.90. The minimum Gasteiger partial charge on any atom is -0.396 e. The van der Waals surface area contributed by atoms with Crippen molar-refractivity contribution in [3.63, 3.8) is 0 Å². The molecule has 1 rings (SSSR count). The van der Waals surface area contributed by atoms with E-state index in [0.717, 1.165) is 11.4 Å². The number of hydrogen-bond donors (Lipinski definition) is 1. The quantitative estimate of drug-likeness (QED) is 0.634. The molecule has 0 aliphatic heterocycles. The van der Waals surface area contributed by atoms with Gasteiger partial charge in [0.25, 0.3) is 5.69 Å². The minimum absolute atomic E-state index is 0.160. The Morgan fingerprint density at radius 2 is 2.22 bits per heavy atom. The zero-order valence-electron chi connectivity index (χ0n) is 10.8. The predicted molar refractivity (Wildman–Crippen MR) is 72.8 cm³/mol. The Morgan fingerprint density at radius 1 is 1.56 bits per heavy atom. The van der Waals surface area contributed by atoms with Crippen molar-refractivity contribution in [3.8, 4) is 0 Å². The van der Waals surface area contributed by atoms with Gasteiger partial charge < -0.3 is 5.11 Å². The molecule has 1 atom stereocenters. The smallest absolute Gasteiger partial charge is 0.278 e. The Kier molecular flexibility index (Phi) is 5.55. The lowest BCUT2D eigenvalue weighted by molar-refractivity contribution is -0.386. The van der Waals surface area contributed by atoms with Crippen molar-refractivity contribution >= 4 is 17.4 Å². The molecule has 0 spiro atoms. The average Bonchev–Trinajstić information content (AvgIpc) is 2.31. The number of pyridine rings is 1. The highest BCUT2D eigenvalue weighted by Gasteiger charge is 2.18. The molecule has 0 bridgehead atoms. The van der Waals surface area contributed by atoms with Crippen LogP contribution in [0, 0.1) is 29.9 Å². The summed E-state index contributed by atoms with van der Waals surface area (Å²) in [5.74, 6) is 1.69. The third kappa shape index (κ3) is 3.68. The van der Waals surface area contributed by atoms with Crippen LogP contribution < -0.4 is 0 Å². The zero-order chi connectivity index (χ0) is 13.7. The molecule has 0 saturated carbocycles. The van der Waals surface area contributed by atoms with Crippen molar-refractivity contribution in [1.29, 1.82) is 0 Å². The lowest BCUT2D eigenvalue weighted by Crippen LogP contribution is -2.05. The summed E-state index contributed by atoms with van der Waals surface area (Å²) in [6, 6.07) is 0. The number of aryl methyl sites for hydroxylation is 1. The van der Waals surface area contributed by atoms with Gasteiger partial charge in [-0.05, 0) is 25.5 Å². The molecule has 0 aliphatic carbocycles. The van der Waals surface area contributed by atoms with Gasteiger partial charge >= 0.3 is 0 Å². The molecule has 0 fully saturated rings. The summed E-state index contributed by atoms with van der Waals surface area (Å²) in [5, 5.41) is 19.9. The number of aromatic nitrogens is 1. The second-order valence-corrected chi connectivity index (χ2v) is 5.45. The highest BCUT2D eigenvalue weighted by molar-refractivity contribution is 7.98. The lowest BCUT2D eigenvalue weighted by Gasteiger charge is -2.09. The van der Waals surface area contributed by atoms with Crippen molar-refractivity contribution in [2.75, 3.05) is 12.4 Å². The fourth-order valence-electron chi connectivity index (χ4n) is 1.60. The van der Waals surface area contributed by atoms with E-state index in [1.807, 2.05) is 6.92 Å². The molecule has 1 aromatic rings. The van der Waals surface area contributed by atoms with E-state index in [2.05, 4.69) is 4.98 Å². The predicted octanol–water partition coefficient (Wildman–Crippen LogP) is 2.47. The molecule has 0 radical (unpaired) electrons. The first-order valence-electron chi connectivity index (χ1n) is 5.75. The fraction of sp³-hybridized carbons (Fsp3) is 0.583. The average molecular weight is 270 g/mol. The lowest BCUT2D eigenvalue weighted by atomic mass is 10.1. The summed E-state index contributed by atoms with van der Waals surface area (Å²) in [7, 11) is 0. The number of nitrogens with zero attached hydrogens (tertiary/aromatic N) is 2. The highest BCUT2D eigenvalue weighted by atomic mass is 32.2. The van der Waals surface area contributed by atoms with Gasteiger partial charge in [-0.25, -0.2) is 0 Å². The molecule has 0 amide bonds. The van der Waals surface area contributed by atoms with E-state index in [1.54, 1.807) is 31.8 Å². The first kappa shape index (κ1) is 14.9. The molecule has 1 heterocycles. The van der Waals surface area contributed by atoms with E-state index in [0.29, 0.717) is 16.9 Å². The van der Waals surface area contributed by atoms with E-state index in [4.69, 9.17) is 5.11 Å². The molecule has 0 saturated heterocycles. The van der Waals surface area contributed by atoms with Crippen LogP contribution in [0.1, 0.15) is 23.7 Å².